The molecule has 4 nitrogen and oxygen atoms in total. The molecule has 2 rings (SSSR count). The molecule has 0 radical (unpaired) electrons. The molecule has 0 fully saturated rings. The van der Waals surface area contributed by atoms with Gasteiger partial charge in [0.2, 0.25) is 0 Å². The summed E-state index contributed by atoms with van der Waals surface area (Å²) in [5, 5.41) is 0.864. The monoisotopic (exact) mass is 302 g/mol. The summed E-state index contributed by atoms with van der Waals surface area (Å²) in [6, 6.07) is 3.20. The van der Waals surface area contributed by atoms with Crippen LogP contribution in [0.25, 0.3) is 10.8 Å². The van der Waals surface area contributed by atoms with Gasteiger partial charge in [-0.3, -0.25) is 19.0 Å². The molecule has 0 bridgehead atoms. The number of hydrogen-bond acceptors (Lipinski definition) is 2. The van der Waals surface area contributed by atoms with E-state index in [0.29, 0.717) is 9.86 Å². The highest BCUT2D eigenvalue weighted by Gasteiger charge is 2.12. The van der Waals surface area contributed by atoms with Crippen LogP contribution < -0.4 is 11.1 Å². The number of rotatable bonds is 0. The molecule has 0 aliphatic rings. The van der Waals surface area contributed by atoms with E-state index in [4.69, 9.17) is 11.6 Å². The van der Waals surface area contributed by atoms with Gasteiger partial charge in [-0.2, -0.15) is 0 Å². The third-order valence-electron chi connectivity index (χ3n) is 2.54. The predicted octanol–water partition coefficient (Wildman–Crippen LogP) is 1.65. The Morgan fingerprint density at radius 3 is 2.31 bits per heavy atom. The van der Waals surface area contributed by atoms with Crippen molar-refractivity contribution in [1.82, 2.24) is 9.36 Å². The summed E-state index contributed by atoms with van der Waals surface area (Å²) in [6.07, 6.45) is 0. The molecule has 0 saturated heterocycles. The van der Waals surface area contributed by atoms with Crippen LogP contribution in [0.15, 0.2) is 26.2 Å². The normalized spacial score (nSPS) is 11.0. The van der Waals surface area contributed by atoms with Gasteiger partial charge in [-0.25, -0.2) is 0 Å². The molecule has 0 unspecified atom stereocenters. The molecule has 0 aliphatic carbocycles. The van der Waals surface area contributed by atoms with Crippen molar-refractivity contribution in [2.75, 3.05) is 0 Å². The summed E-state index contributed by atoms with van der Waals surface area (Å²) >= 11 is 9.22. The average molecular weight is 304 g/mol. The van der Waals surface area contributed by atoms with Crippen molar-refractivity contribution in [3.63, 3.8) is 0 Å². The Hall–Kier alpha value is -1.07. The Morgan fingerprint density at radius 2 is 1.69 bits per heavy atom. The standard InChI is InChI=1S/C10H8BrClN2O2/c1-13-9(15)6-3-5(11)4-7(12)8(6)10(16)14(13)2/h3-4H,1-2H3. The first kappa shape index (κ1) is 11.4. The molecule has 0 N–H and O–H groups in total. The van der Waals surface area contributed by atoms with Crippen molar-refractivity contribution in [3.05, 3.63) is 42.3 Å². The van der Waals surface area contributed by atoms with E-state index in [9.17, 15) is 9.59 Å². The van der Waals surface area contributed by atoms with E-state index in [-0.39, 0.29) is 21.5 Å². The molecule has 0 aliphatic heterocycles. The zero-order valence-electron chi connectivity index (χ0n) is 8.62. The molecular formula is C10H8BrClN2O2. The predicted molar refractivity (Wildman–Crippen MR) is 67.1 cm³/mol. The lowest BCUT2D eigenvalue weighted by molar-refractivity contribution is 0.543. The zero-order valence-corrected chi connectivity index (χ0v) is 11.0. The Bertz CT molecular complexity index is 703. The van der Waals surface area contributed by atoms with Crippen LogP contribution in [0.2, 0.25) is 5.02 Å². The molecule has 1 heterocycles. The Balaban J connectivity index is 3.22. The van der Waals surface area contributed by atoms with Gasteiger partial charge in [0.25, 0.3) is 11.1 Å². The maximum absolute atomic E-state index is 11.9. The maximum Gasteiger partial charge on any atom is 0.274 e. The highest BCUT2D eigenvalue weighted by Crippen LogP contribution is 2.23. The van der Waals surface area contributed by atoms with Gasteiger partial charge >= 0.3 is 0 Å². The SMILES string of the molecule is Cn1c(=O)c2cc(Br)cc(Cl)c2c(=O)n1C. The van der Waals surface area contributed by atoms with Crippen molar-refractivity contribution in [3.8, 4) is 0 Å². The van der Waals surface area contributed by atoms with Crippen molar-refractivity contribution in [2.45, 2.75) is 0 Å². The highest BCUT2D eigenvalue weighted by molar-refractivity contribution is 9.10. The number of fused-ring (bicyclic) bond motifs is 1. The van der Waals surface area contributed by atoms with Crippen LogP contribution in [0.1, 0.15) is 0 Å². The first-order chi connectivity index (χ1) is 7.43. The number of aromatic nitrogens is 2. The molecular weight excluding hydrogens is 295 g/mol. The lowest BCUT2D eigenvalue weighted by Crippen LogP contribution is -2.35. The van der Waals surface area contributed by atoms with E-state index < -0.39 is 0 Å². The first-order valence-electron chi connectivity index (χ1n) is 4.48. The van der Waals surface area contributed by atoms with Crippen molar-refractivity contribution in [2.24, 2.45) is 14.1 Å². The second-order valence-corrected chi connectivity index (χ2v) is 4.79. The van der Waals surface area contributed by atoms with E-state index in [2.05, 4.69) is 15.9 Å². The number of nitrogens with zero attached hydrogens (tertiary/aromatic N) is 2. The van der Waals surface area contributed by atoms with Gasteiger partial charge in [0.1, 0.15) is 0 Å². The fraction of sp³-hybridized carbons (Fsp3) is 0.200. The summed E-state index contributed by atoms with van der Waals surface area (Å²) in [7, 11) is 3.07. The number of hydrogen-bond donors (Lipinski definition) is 0. The summed E-state index contributed by atoms with van der Waals surface area (Å²) in [5.41, 5.74) is -0.532. The smallest absolute Gasteiger partial charge is 0.267 e. The summed E-state index contributed by atoms with van der Waals surface area (Å²) in [5.74, 6) is 0. The Morgan fingerprint density at radius 1 is 1.12 bits per heavy atom. The zero-order chi connectivity index (χ0) is 12.0. The third kappa shape index (κ3) is 1.51. The molecule has 0 amide bonds. The Labute approximate surface area is 104 Å². The summed E-state index contributed by atoms with van der Waals surface area (Å²) in [6.45, 7) is 0. The highest BCUT2D eigenvalue weighted by atomic mass is 79.9. The lowest BCUT2D eigenvalue weighted by Gasteiger charge is -2.09. The fourth-order valence-electron chi connectivity index (χ4n) is 1.57. The molecule has 84 valence electrons. The maximum atomic E-state index is 11.9. The molecule has 0 saturated carbocycles. The lowest BCUT2D eigenvalue weighted by atomic mass is 10.2. The van der Waals surface area contributed by atoms with Crippen LogP contribution in [0.5, 0.6) is 0 Å². The van der Waals surface area contributed by atoms with Crippen molar-refractivity contribution < 1.29 is 0 Å². The van der Waals surface area contributed by atoms with Gasteiger partial charge in [0.05, 0.1) is 15.8 Å². The van der Waals surface area contributed by atoms with Crippen LogP contribution in [0.3, 0.4) is 0 Å². The van der Waals surface area contributed by atoms with E-state index in [1.54, 1.807) is 12.1 Å². The fourth-order valence-corrected chi connectivity index (χ4v) is 2.46. The van der Waals surface area contributed by atoms with Crippen LogP contribution in [0.4, 0.5) is 0 Å². The topological polar surface area (TPSA) is 44.0 Å². The van der Waals surface area contributed by atoms with Crippen molar-refractivity contribution in [1.29, 1.82) is 0 Å². The minimum Gasteiger partial charge on any atom is -0.267 e. The van der Waals surface area contributed by atoms with Gasteiger partial charge in [-0.1, -0.05) is 27.5 Å². The minimum absolute atomic E-state index is 0.250. The van der Waals surface area contributed by atoms with Gasteiger partial charge in [0, 0.05) is 18.6 Å². The van der Waals surface area contributed by atoms with E-state index >= 15 is 0 Å². The number of halogens is 2. The summed E-state index contributed by atoms with van der Waals surface area (Å²) in [4.78, 5) is 23.9. The molecule has 1 aromatic carbocycles. The molecule has 2 aromatic rings. The first-order valence-corrected chi connectivity index (χ1v) is 5.65. The molecule has 16 heavy (non-hydrogen) atoms. The molecule has 0 spiro atoms. The van der Waals surface area contributed by atoms with Gasteiger partial charge in [0.15, 0.2) is 0 Å². The van der Waals surface area contributed by atoms with Gasteiger partial charge in [-0.15, -0.1) is 0 Å². The van der Waals surface area contributed by atoms with Gasteiger partial charge in [-0.05, 0) is 12.1 Å². The molecule has 6 heteroatoms. The van der Waals surface area contributed by atoms with Crippen LogP contribution in [0, 0.1) is 0 Å². The quantitative estimate of drug-likeness (QED) is 0.743. The largest absolute Gasteiger partial charge is 0.274 e. The van der Waals surface area contributed by atoms with Crippen molar-refractivity contribution >= 4 is 38.3 Å². The average Bonchev–Trinajstić information content (AvgIpc) is 2.22. The van der Waals surface area contributed by atoms with Gasteiger partial charge < -0.3 is 0 Å². The second kappa shape index (κ2) is 3.75. The minimum atomic E-state index is -0.283. The molecule has 1 aromatic heterocycles. The van der Waals surface area contributed by atoms with E-state index in [1.165, 1.54) is 23.5 Å². The number of benzene rings is 1. The van der Waals surface area contributed by atoms with E-state index in [0.717, 1.165) is 0 Å². The van der Waals surface area contributed by atoms with E-state index in [1.807, 2.05) is 0 Å². The van der Waals surface area contributed by atoms with Crippen LogP contribution >= 0.6 is 27.5 Å². The molecule has 0 atom stereocenters. The van der Waals surface area contributed by atoms with Crippen LogP contribution in [-0.2, 0) is 14.1 Å². The summed E-state index contributed by atoms with van der Waals surface area (Å²) < 4.78 is 3.17. The van der Waals surface area contributed by atoms with Crippen LogP contribution in [-0.4, -0.2) is 9.36 Å². The third-order valence-corrected chi connectivity index (χ3v) is 3.29. The Kier molecular flexibility index (Phi) is 2.67. The second-order valence-electron chi connectivity index (χ2n) is 3.47.